The summed E-state index contributed by atoms with van der Waals surface area (Å²) in [5.74, 6) is 0.384. The number of morpholine rings is 1. The van der Waals surface area contributed by atoms with Gasteiger partial charge in [-0.2, -0.15) is 13.2 Å². The summed E-state index contributed by atoms with van der Waals surface area (Å²) in [5, 5.41) is 8.42. The van der Waals surface area contributed by atoms with Crippen LogP contribution in [0, 0.1) is 12.1 Å². The van der Waals surface area contributed by atoms with Gasteiger partial charge >= 0.3 is 24.4 Å². The van der Waals surface area contributed by atoms with E-state index >= 15 is 0 Å². The van der Waals surface area contributed by atoms with Crippen LogP contribution in [0.15, 0.2) is 57.7 Å². The van der Waals surface area contributed by atoms with Crippen LogP contribution in [0.25, 0.3) is 11.2 Å². The molecule has 3 aromatic rings. The Hall–Kier alpha value is -3.31. The van der Waals surface area contributed by atoms with E-state index in [4.69, 9.17) is 4.74 Å². The fraction of sp³-hybridized carbons (Fsp3) is 0.483. The fourth-order valence-electron chi connectivity index (χ4n) is 6.11. The average molecular weight is 555 g/mol. The van der Waals surface area contributed by atoms with Crippen molar-refractivity contribution in [2.45, 2.75) is 57.3 Å². The molecule has 3 aliphatic rings. The van der Waals surface area contributed by atoms with E-state index in [1.54, 1.807) is 18.6 Å². The summed E-state index contributed by atoms with van der Waals surface area (Å²) >= 11 is 0. The van der Waals surface area contributed by atoms with E-state index in [9.17, 15) is 18.0 Å². The van der Waals surface area contributed by atoms with Crippen LogP contribution in [-0.4, -0.2) is 57.6 Å². The molecule has 0 N–H and O–H groups in total. The third-order valence-electron chi connectivity index (χ3n) is 8.55. The highest BCUT2D eigenvalue weighted by Gasteiger charge is 2.42. The zero-order valence-electron chi connectivity index (χ0n) is 22.8. The largest absolute Gasteiger partial charge is 0.418 e. The van der Waals surface area contributed by atoms with Gasteiger partial charge in [0.2, 0.25) is 0 Å². The molecule has 211 valence electrons. The van der Waals surface area contributed by atoms with Gasteiger partial charge in [0.05, 0.1) is 47.6 Å². The van der Waals surface area contributed by atoms with Gasteiger partial charge < -0.3 is 4.74 Å². The summed E-state index contributed by atoms with van der Waals surface area (Å²) in [6.07, 6.45) is 4.00. The number of nitrogens with zero attached hydrogens (tertiary/aromatic N) is 6. The third kappa shape index (κ3) is 4.79. The number of halogens is 3. The van der Waals surface area contributed by atoms with Crippen molar-refractivity contribution in [1.29, 1.82) is 0 Å². The number of hydrogen-bond acceptors (Lipinski definition) is 5. The summed E-state index contributed by atoms with van der Waals surface area (Å²) in [6, 6.07) is 8.35. The maximum atomic E-state index is 14.3. The van der Waals surface area contributed by atoms with Crippen LogP contribution in [0.1, 0.15) is 61.8 Å². The van der Waals surface area contributed by atoms with Crippen LogP contribution in [0.3, 0.4) is 0 Å². The first-order chi connectivity index (χ1) is 19.1. The molecule has 2 fully saturated rings. The van der Waals surface area contributed by atoms with Gasteiger partial charge in [0.25, 0.3) is 0 Å². The number of ether oxygens (including phenoxy) is 1. The van der Waals surface area contributed by atoms with Crippen molar-refractivity contribution in [2.24, 2.45) is 16.1 Å². The average Bonchev–Trinajstić information content (AvgIpc) is 3.47. The van der Waals surface area contributed by atoms with Crippen LogP contribution in [-0.2, 0) is 10.9 Å². The first-order valence-electron chi connectivity index (χ1n) is 13.8. The lowest BCUT2D eigenvalue weighted by Crippen LogP contribution is -2.42. The Balaban J connectivity index is 1.43. The normalized spacial score (nSPS) is 22.4. The van der Waals surface area contributed by atoms with Crippen LogP contribution in [0.4, 0.5) is 13.2 Å². The number of azo groups is 1. The molecule has 0 bridgehead atoms. The van der Waals surface area contributed by atoms with Crippen molar-refractivity contribution < 1.29 is 22.5 Å². The monoisotopic (exact) mass is 554 g/mol. The number of pyridine rings is 1. The standard InChI is InChI=1S/C29H33F3N6O2/c1-18-14-36(10-11-40-18)19(2)22-13-24(29(30,31)32)25-16-37(28(39)38(25)15-22)23-9-5-8-21(12-23)26(20-6-4-7-20)27-34-33-17-35(27)3/h5,8-9,12-13,15-20,26H,4,6-7,10-11,14H2,1-3H3/q+1/t18-,19+,26-/m1/s1. The molecular formula is C29H33F3N6O2+. The molecule has 11 heteroatoms. The Morgan fingerprint density at radius 3 is 2.60 bits per heavy atom. The molecule has 4 heterocycles. The van der Waals surface area contributed by atoms with E-state index < -0.39 is 17.4 Å². The molecule has 2 aliphatic heterocycles. The minimum atomic E-state index is -4.62. The molecule has 0 amide bonds. The minimum absolute atomic E-state index is 0.0107. The lowest BCUT2D eigenvalue weighted by atomic mass is 9.71. The molecule has 3 atom stereocenters. The van der Waals surface area contributed by atoms with Crippen molar-refractivity contribution >= 4 is 11.9 Å². The number of likely N-dealkylation sites (N-methyl/N-ethyl adjacent to an activating group) is 1. The molecule has 6 rings (SSSR count). The number of alkyl halides is 3. The first kappa shape index (κ1) is 26.9. The molecule has 1 aliphatic carbocycles. The number of imidazole rings is 1. The van der Waals surface area contributed by atoms with Crippen molar-refractivity contribution in [3.63, 3.8) is 0 Å². The first-order valence-corrected chi connectivity index (χ1v) is 13.8. The van der Waals surface area contributed by atoms with Crippen LogP contribution < -0.4 is 5.69 Å². The molecule has 1 radical (unpaired) electrons. The zero-order valence-corrected chi connectivity index (χ0v) is 22.8. The molecule has 1 aromatic carbocycles. The Bertz CT molecular complexity index is 1540. The quantitative estimate of drug-likeness (QED) is 0.384. The van der Waals surface area contributed by atoms with E-state index in [1.165, 1.54) is 16.8 Å². The van der Waals surface area contributed by atoms with E-state index in [-0.39, 0.29) is 23.6 Å². The van der Waals surface area contributed by atoms with Gasteiger partial charge in [0.1, 0.15) is 0 Å². The van der Waals surface area contributed by atoms with Gasteiger partial charge in [0, 0.05) is 31.5 Å². The van der Waals surface area contributed by atoms with Crippen LogP contribution in [0.5, 0.6) is 0 Å². The number of rotatable bonds is 6. The second kappa shape index (κ2) is 10.3. The second-order valence-electron chi connectivity index (χ2n) is 11.1. The molecule has 2 aromatic heterocycles. The Labute approximate surface area is 230 Å². The van der Waals surface area contributed by atoms with Crippen molar-refractivity contribution in [3.05, 3.63) is 76.1 Å². The zero-order chi connectivity index (χ0) is 28.2. The number of aromatic nitrogens is 2. The summed E-state index contributed by atoms with van der Waals surface area (Å²) in [5.41, 5.74) is 0.389. The van der Waals surface area contributed by atoms with Crippen LogP contribution >= 0.6 is 0 Å². The minimum Gasteiger partial charge on any atom is -0.376 e. The Morgan fingerprint density at radius 2 is 1.95 bits per heavy atom. The smallest absolute Gasteiger partial charge is 0.376 e. The van der Waals surface area contributed by atoms with E-state index in [2.05, 4.69) is 15.1 Å². The maximum absolute atomic E-state index is 14.3. The lowest BCUT2D eigenvalue weighted by Gasteiger charge is -2.36. The summed E-state index contributed by atoms with van der Waals surface area (Å²) < 4.78 is 53.0. The van der Waals surface area contributed by atoms with Crippen LogP contribution in [0.2, 0.25) is 0 Å². The summed E-state index contributed by atoms with van der Waals surface area (Å²) in [6.45, 7) is 5.56. The lowest BCUT2D eigenvalue weighted by molar-refractivity contribution is -0.480. The van der Waals surface area contributed by atoms with Crippen molar-refractivity contribution in [2.75, 3.05) is 26.7 Å². The highest BCUT2D eigenvalue weighted by molar-refractivity contribution is 5.58. The molecular weight excluding hydrogens is 521 g/mol. The van der Waals surface area contributed by atoms with Gasteiger partial charge in [-0.3, -0.25) is 13.9 Å². The third-order valence-corrected chi connectivity index (χ3v) is 8.55. The van der Waals surface area contributed by atoms with Crippen molar-refractivity contribution in [3.8, 4) is 5.69 Å². The topological polar surface area (TPSA) is 66.6 Å². The fourth-order valence-corrected chi connectivity index (χ4v) is 6.11. The Kier molecular flexibility index (Phi) is 6.90. The summed E-state index contributed by atoms with van der Waals surface area (Å²) in [4.78, 5) is 15.8. The predicted octanol–water partition coefficient (Wildman–Crippen LogP) is 5.40. The number of fused-ring (bicyclic) bond motifs is 1. The molecule has 8 nitrogen and oxygen atoms in total. The maximum Gasteiger partial charge on any atom is 0.418 e. The highest BCUT2D eigenvalue weighted by Crippen LogP contribution is 2.46. The number of hydrogen-bond donors (Lipinski definition) is 0. The molecule has 0 unspecified atom stereocenters. The van der Waals surface area contributed by atoms with Gasteiger partial charge in [-0.15, -0.1) is 0 Å². The van der Waals surface area contributed by atoms with Gasteiger partial charge in [-0.25, -0.2) is 9.37 Å². The molecule has 40 heavy (non-hydrogen) atoms. The van der Waals surface area contributed by atoms with E-state index in [0.29, 0.717) is 36.9 Å². The van der Waals surface area contributed by atoms with E-state index in [0.717, 1.165) is 35.4 Å². The molecule has 0 spiro atoms. The summed E-state index contributed by atoms with van der Waals surface area (Å²) in [7, 11) is 1.91. The molecule has 1 saturated carbocycles. The SMILES string of the molecule is C[C@@H]1CN([C@@H](C)c2cc(C(F)(F)F)c3cn(-c4cccc([C@H]([C]5N=NC=[N+]5C)C5CCC5)c4)c(=O)n3c2)CCO1. The Morgan fingerprint density at radius 1 is 1.15 bits per heavy atom. The van der Waals surface area contributed by atoms with Crippen molar-refractivity contribution in [1.82, 2.24) is 13.9 Å². The second-order valence-corrected chi connectivity index (χ2v) is 11.1. The highest BCUT2D eigenvalue weighted by atomic mass is 19.4. The predicted molar refractivity (Wildman–Crippen MR) is 144 cm³/mol. The van der Waals surface area contributed by atoms with Gasteiger partial charge in [-0.1, -0.05) is 18.6 Å². The van der Waals surface area contributed by atoms with Gasteiger partial charge in [0.15, 0.2) is 0 Å². The van der Waals surface area contributed by atoms with E-state index in [1.807, 2.05) is 43.7 Å². The number of benzene rings is 1. The molecule has 1 saturated heterocycles. The van der Waals surface area contributed by atoms with Gasteiger partial charge in [-0.05, 0) is 67.0 Å².